The fraction of sp³-hybridized carbons (Fsp3) is 0.933. The third-order valence-electron chi connectivity index (χ3n) is 5.14. The van der Waals surface area contributed by atoms with E-state index in [0.29, 0.717) is 18.4 Å². The standard InChI is InChI=1S/C15H27NO2/c1-15(2)12(11-14(17)18)9-10-16(15)13-7-5-3-4-6-8-13/h12-13H,3-11H2,1-2H3,(H,17,18). The number of hydrogen-bond donors (Lipinski definition) is 1. The number of nitrogens with zero attached hydrogens (tertiary/aromatic N) is 1. The molecule has 104 valence electrons. The van der Waals surface area contributed by atoms with Gasteiger partial charge in [0.05, 0.1) is 0 Å². The van der Waals surface area contributed by atoms with Crippen molar-refractivity contribution in [2.24, 2.45) is 5.92 Å². The van der Waals surface area contributed by atoms with Crippen molar-refractivity contribution in [2.45, 2.75) is 76.8 Å². The third-order valence-corrected chi connectivity index (χ3v) is 5.14. The molecule has 1 heterocycles. The molecule has 2 aliphatic rings. The van der Waals surface area contributed by atoms with Gasteiger partial charge in [0.1, 0.15) is 0 Å². The Morgan fingerprint density at radius 2 is 1.78 bits per heavy atom. The molecule has 0 spiro atoms. The Morgan fingerprint density at radius 1 is 1.17 bits per heavy atom. The van der Waals surface area contributed by atoms with Gasteiger partial charge in [0.2, 0.25) is 0 Å². The zero-order chi connectivity index (χ0) is 13.2. The molecule has 1 unspecified atom stereocenters. The van der Waals surface area contributed by atoms with Crippen LogP contribution in [0.1, 0.15) is 65.2 Å². The second-order valence-corrected chi connectivity index (χ2v) is 6.58. The Kier molecular flexibility index (Phi) is 4.31. The molecule has 1 atom stereocenters. The molecule has 3 nitrogen and oxygen atoms in total. The quantitative estimate of drug-likeness (QED) is 0.785. The molecule has 0 aromatic carbocycles. The van der Waals surface area contributed by atoms with Crippen LogP contribution in [0.25, 0.3) is 0 Å². The van der Waals surface area contributed by atoms with Crippen LogP contribution in [0.4, 0.5) is 0 Å². The van der Waals surface area contributed by atoms with Crippen molar-refractivity contribution < 1.29 is 9.90 Å². The first-order chi connectivity index (χ1) is 8.51. The summed E-state index contributed by atoms with van der Waals surface area (Å²) in [6.07, 6.45) is 9.45. The van der Waals surface area contributed by atoms with Crippen molar-refractivity contribution in [3.05, 3.63) is 0 Å². The molecular formula is C15H27NO2. The van der Waals surface area contributed by atoms with Crippen molar-refractivity contribution in [1.82, 2.24) is 4.90 Å². The summed E-state index contributed by atoms with van der Waals surface area (Å²) in [5.74, 6) is -0.325. The van der Waals surface area contributed by atoms with Gasteiger partial charge in [-0.3, -0.25) is 9.69 Å². The molecule has 0 radical (unpaired) electrons. The third kappa shape index (κ3) is 2.87. The lowest BCUT2D eigenvalue weighted by molar-refractivity contribution is -0.138. The molecule has 0 bridgehead atoms. The highest BCUT2D eigenvalue weighted by molar-refractivity contribution is 5.67. The molecule has 3 heteroatoms. The summed E-state index contributed by atoms with van der Waals surface area (Å²) in [4.78, 5) is 13.6. The molecule has 1 saturated carbocycles. The van der Waals surface area contributed by atoms with E-state index in [1.54, 1.807) is 0 Å². The van der Waals surface area contributed by atoms with E-state index in [2.05, 4.69) is 18.7 Å². The van der Waals surface area contributed by atoms with Crippen LogP contribution in [-0.4, -0.2) is 34.1 Å². The van der Waals surface area contributed by atoms with Gasteiger partial charge >= 0.3 is 5.97 Å². The van der Waals surface area contributed by atoms with E-state index < -0.39 is 5.97 Å². The zero-order valence-electron chi connectivity index (χ0n) is 11.8. The van der Waals surface area contributed by atoms with Crippen molar-refractivity contribution in [2.75, 3.05) is 6.54 Å². The van der Waals surface area contributed by atoms with Crippen molar-refractivity contribution in [3.63, 3.8) is 0 Å². The maximum absolute atomic E-state index is 11.0. The summed E-state index contributed by atoms with van der Waals surface area (Å²) in [5.41, 5.74) is 0.0629. The van der Waals surface area contributed by atoms with Crippen LogP contribution in [0.3, 0.4) is 0 Å². The fourth-order valence-corrected chi connectivity index (χ4v) is 3.96. The summed E-state index contributed by atoms with van der Waals surface area (Å²) >= 11 is 0. The van der Waals surface area contributed by atoms with Crippen LogP contribution in [0.15, 0.2) is 0 Å². The van der Waals surface area contributed by atoms with Crippen LogP contribution in [0.5, 0.6) is 0 Å². The lowest BCUT2D eigenvalue weighted by atomic mass is 9.85. The minimum absolute atomic E-state index is 0.0629. The Balaban J connectivity index is 2.02. The number of likely N-dealkylation sites (tertiary alicyclic amines) is 1. The fourth-order valence-electron chi connectivity index (χ4n) is 3.96. The molecule has 1 aliphatic heterocycles. The molecule has 0 aromatic heterocycles. The van der Waals surface area contributed by atoms with Crippen molar-refractivity contribution in [1.29, 1.82) is 0 Å². The van der Waals surface area contributed by atoms with E-state index in [0.717, 1.165) is 13.0 Å². The number of aliphatic carboxylic acids is 1. The lowest BCUT2D eigenvalue weighted by Crippen LogP contribution is -2.48. The Labute approximate surface area is 111 Å². The van der Waals surface area contributed by atoms with E-state index in [-0.39, 0.29) is 5.54 Å². The average molecular weight is 253 g/mol. The molecule has 18 heavy (non-hydrogen) atoms. The maximum atomic E-state index is 11.0. The van der Waals surface area contributed by atoms with E-state index in [4.69, 9.17) is 5.11 Å². The molecule has 1 N–H and O–H groups in total. The highest BCUT2D eigenvalue weighted by atomic mass is 16.4. The van der Waals surface area contributed by atoms with Crippen LogP contribution in [0, 0.1) is 5.92 Å². The van der Waals surface area contributed by atoms with Gasteiger partial charge < -0.3 is 5.11 Å². The summed E-state index contributed by atoms with van der Waals surface area (Å²) in [6, 6.07) is 0.696. The molecule has 2 fully saturated rings. The zero-order valence-corrected chi connectivity index (χ0v) is 11.8. The monoisotopic (exact) mass is 253 g/mol. The maximum Gasteiger partial charge on any atom is 0.303 e. The second-order valence-electron chi connectivity index (χ2n) is 6.58. The number of hydrogen-bond acceptors (Lipinski definition) is 2. The highest BCUT2D eigenvalue weighted by Crippen LogP contribution is 2.40. The van der Waals surface area contributed by atoms with Gasteiger partial charge in [0, 0.05) is 18.0 Å². The average Bonchev–Trinajstić information content (AvgIpc) is 2.52. The summed E-state index contributed by atoms with van der Waals surface area (Å²) in [5, 5.41) is 9.03. The van der Waals surface area contributed by atoms with Gasteiger partial charge in [-0.05, 0) is 45.6 Å². The van der Waals surface area contributed by atoms with Crippen LogP contribution < -0.4 is 0 Å². The highest BCUT2D eigenvalue weighted by Gasteiger charge is 2.44. The lowest BCUT2D eigenvalue weighted by Gasteiger charge is -2.41. The molecule has 2 rings (SSSR count). The molecule has 0 amide bonds. The Bertz CT molecular complexity index is 293. The van der Waals surface area contributed by atoms with Crippen LogP contribution >= 0.6 is 0 Å². The minimum atomic E-state index is -0.643. The summed E-state index contributed by atoms with van der Waals surface area (Å²) < 4.78 is 0. The molecule has 1 saturated heterocycles. The van der Waals surface area contributed by atoms with E-state index in [1.807, 2.05) is 0 Å². The first-order valence-corrected chi connectivity index (χ1v) is 7.50. The first kappa shape index (κ1) is 13.9. The van der Waals surface area contributed by atoms with E-state index in [9.17, 15) is 4.79 Å². The predicted octanol–water partition coefficient (Wildman–Crippen LogP) is 3.28. The van der Waals surface area contributed by atoms with E-state index in [1.165, 1.54) is 38.5 Å². The Morgan fingerprint density at radius 3 is 2.33 bits per heavy atom. The van der Waals surface area contributed by atoms with Crippen LogP contribution in [-0.2, 0) is 4.79 Å². The van der Waals surface area contributed by atoms with Gasteiger partial charge in [-0.2, -0.15) is 0 Å². The minimum Gasteiger partial charge on any atom is -0.481 e. The second kappa shape index (κ2) is 5.60. The summed E-state index contributed by atoms with van der Waals surface area (Å²) in [6.45, 7) is 5.59. The number of rotatable bonds is 3. The number of carboxylic acids is 1. The van der Waals surface area contributed by atoms with Crippen LogP contribution in [0.2, 0.25) is 0 Å². The van der Waals surface area contributed by atoms with Gasteiger partial charge in [0.25, 0.3) is 0 Å². The largest absolute Gasteiger partial charge is 0.481 e. The van der Waals surface area contributed by atoms with Gasteiger partial charge in [0.15, 0.2) is 0 Å². The normalized spacial score (nSPS) is 30.2. The Hall–Kier alpha value is -0.570. The topological polar surface area (TPSA) is 40.5 Å². The SMILES string of the molecule is CC1(C)C(CC(=O)O)CCN1C1CCCCCC1. The molecular weight excluding hydrogens is 226 g/mol. The van der Waals surface area contributed by atoms with Crippen molar-refractivity contribution >= 4 is 5.97 Å². The van der Waals surface area contributed by atoms with Gasteiger partial charge in [-0.25, -0.2) is 0 Å². The molecule has 1 aliphatic carbocycles. The van der Waals surface area contributed by atoms with Gasteiger partial charge in [-0.15, -0.1) is 0 Å². The van der Waals surface area contributed by atoms with E-state index >= 15 is 0 Å². The first-order valence-electron chi connectivity index (χ1n) is 7.50. The number of carboxylic acid groups (broad SMARTS) is 1. The summed E-state index contributed by atoms with van der Waals surface area (Å²) in [7, 11) is 0. The smallest absolute Gasteiger partial charge is 0.303 e. The predicted molar refractivity (Wildman–Crippen MR) is 72.6 cm³/mol. The number of carbonyl (C=O) groups is 1. The van der Waals surface area contributed by atoms with Crippen molar-refractivity contribution in [3.8, 4) is 0 Å². The molecule has 0 aromatic rings. The van der Waals surface area contributed by atoms with Gasteiger partial charge in [-0.1, -0.05) is 25.7 Å².